The molecule has 102 valence electrons. The van der Waals surface area contributed by atoms with Gasteiger partial charge >= 0.3 is 0 Å². The fraction of sp³-hybridized carbons (Fsp3) is 0.429. The average Bonchev–Trinajstić information content (AvgIpc) is 2.37. The van der Waals surface area contributed by atoms with Crippen LogP contribution in [0.2, 0.25) is 0 Å². The van der Waals surface area contributed by atoms with Crippen LogP contribution in [0.15, 0.2) is 18.2 Å². The van der Waals surface area contributed by atoms with E-state index in [-0.39, 0.29) is 12.4 Å². The molecule has 2 rings (SSSR count). The lowest BCUT2D eigenvalue weighted by Gasteiger charge is -2.29. The van der Waals surface area contributed by atoms with Crippen LogP contribution in [0, 0.1) is 18.8 Å². The molecule has 0 bridgehead atoms. The number of sulfonamides is 1. The highest BCUT2D eigenvalue weighted by molar-refractivity contribution is 7.92. The number of hydrogen-bond acceptors (Lipinski definition) is 3. The quantitative estimate of drug-likeness (QED) is 0.788. The summed E-state index contributed by atoms with van der Waals surface area (Å²) < 4.78 is 25.6. The van der Waals surface area contributed by atoms with Crippen LogP contribution in [0.25, 0.3) is 0 Å². The molecule has 1 aliphatic rings. The summed E-state index contributed by atoms with van der Waals surface area (Å²) in [4.78, 5) is 0. The van der Waals surface area contributed by atoms with E-state index in [0.29, 0.717) is 6.54 Å². The molecule has 1 saturated heterocycles. The second-order valence-electron chi connectivity index (χ2n) is 4.56. The van der Waals surface area contributed by atoms with Crippen molar-refractivity contribution in [1.29, 1.82) is 0 Å². The van der Waals surface area contributed by atoms with Crippen molar-refractivity contribution in [1.82, 2.24) is 0 Å². The topological polar surface area (TPSA) is 57.6 Å². The molecule has 0 unspecified atom stereocenters. The number of benzene rings is 1. The minimum absolute atomic E-state index is 0.179. The molecule has 0 atom stereocenters. The zero-order valence-corrected chi connectivity index (χ0v) is 11.7. The molecular weight excluding hydrogens is 262 g/mol. The molecule has 1 aliphatic heterocycles. The summed E-state index contributed by atoms with van der Waals surface area (Å²) in [5.74, 6) is 5.62. The van der Waals surface area contributed by atoms with Crippen molar-refractivity contribution in [3.63, 3.8) is 0 Å². The summed E-state index contributed by atoms with van der Waals surface area (Å²) in [6.07, 6.45) is 1.63. The van der Waals surface area contributed by atoms with Gasteiger partial charge < -0.3 is 5.11 Å². The molecular formula is C14H17NO3S. The van der Waals surface area contributed by atoms with Crippen LogP contribution < -0.4 is 4.31 Å². The lowest BCUT2D eigenvalue weighted by atomic mass is 10.1. The van der Waals surface area contributed by atoms with Crippen LogP contribution in [-0.4, -0.2) is 32.4 Å². The lowest BCUT2D eigenvalue weighted by Crippen LogP contribution is -2.38. The Morgan fingerprint density at radius 3 is 2.79 bits per heavy atom. The van der Waals surface area contributed by atoms with Gasteiger partial charge in [0.15, 0.2) is 0 Å². The van der Waals surface area contributed by atoms with Crippen LogP contribution >= 0.6 is 0 Å². The molecule has 0 saturated carbocycles. The van der Waals surface area contributed by atoms with Crippen LogP contribution in [0.3, 0.4) is 0 Å². The molecule has 1 heterocycles. The van der Waals surface area contributed by atoms with E-state index < -0.39 is 10.0 Å². The van der Waals surface area contributed by atoms with Crippen molar-refractivity contribution in [2.75, 3.05) is 23.2 Å². The first-order valence-corrected chi connectivity index (χ1v) is 7.86. The fourth-order valence-electron chi connectivity index (χ4n) is 2.21. The number of nitrogens with zero attached hydrogens (tertiary/aromatic N) is 1. The first kappa shape index (κ1) is 13.9. The van der Waals surface area contributed by atoms with Gasteiger partial charge in [-0.15, -0.1) is 0 Å². The molecule has 0 aliphatic carbocycles. The van der Waals surface area contributed by atoms with E-state index in [0.717, 1.165) is 29.7 Å². The van der Waals surface area contributed by atoms with Gasteiger partial charge in [-0.3, -0.25) is 4.31 Å². The van der Waals surface area contributed by atoms with Gasteiger partial charge in [0.2, 0.25) is 10.0 Å². The Morgan fingerprint density at radius 2 is 2.16 bits per heavy atom. The summed E-state index contributed by atoms with van der Waals surface area (Å²) in [6, 6.07) is 5.43. The normalized spacial score (nSPS) is 17.7. The molecule has 1 aromatic rings. The first-order chi connectivity index (χ1) is 9.04. The van der Waals surface area contributed by atoms with Gasteiger partial charge in [-0.1, -0.05) is 11.8 Å². The Morgan fingerprint density at radius 1 is 1.37 bits per heavy atom. The van der Waals surface area contributed by atoms with Gasteiger partial charge in [-0.05, 0) is 43.5 Å². The summed E-state index contributed by atoms with van der Waals surface area (Å²) >= 11 is 0. The smallest absolute Gasteiger partial charge is 0.235 e. The van der Waals surface area contributed by atoms with Gasteiger partial charge in [0.1, 0.15) is 6.61 Å². The molecule has 0 spiro atoms. The second-order valence-corrected chi connectivity index (χ2v) is 6.57. The number of aryl methyl sites for hydroxylation is 1. The van der Waals surface area contributed by atoms with Crippen molar-refractivity contribution >= 4 is 15.7 Å². The molecule has 4 nitrogen and oxygen atoms in total. The third-order valence-electron chi connectivity index (χ3n) is 3.13. The fourth-order valence-corrected chi connectivity index (χ4v) is 3.92. The average molecular weight is 279 g/mol. The molecule has 1 aromatic carbocycles. The SMILES string of the molecule is Cc1cc(C#CCO)ccc1N1CCCCS1(=O)=O. The molecule has 0 amide bonds. The maximum Gasteiger partial charge on any atom is 0.235 e. The number of hydrogen-bond donors (Lipinski definition) is 1. The molecule has 5 heteroatoms. The number of aliphatic hydroxyl groups is 1. The van der Waals surface area contributed by atoms with Crippen LogP contribution in [-0.2, 0) is 10.0 Å². The van der Waals surface area contributed by atoms with E-state index in [9.17, 15) is 8.42 Å². The Balaban J connectivity index is 2.35. The Bertz CT molecular complexity index is 626. The van der Waals surface area contributed by atoms with Crippen molar-refractivity contribution in [2.45, 2.75) is 19.8 Å². The summed E-state index contributed by atoms with van der Waals surface area (Å²) in [5.41, 5.74) is 2.40. The Hall–Kier alpha value is -1.51. The van der Waals surface area contributed by atoms with E-state index in [1.54, 1.807) is 12.1 Å². The van der Waals surface area contributed by atoms with Crippen LogP contribution in [0.4, 0.5) is 5.69 Å². The standard InChI is InChI=1S/C14H17NO3S/c1-12-11-13(5-4-9-16)6-7-14(12)15-8-2-3-10-19(15,17)18/h6-7,11,16H,2-3,8-10H2,1H3. The molecule has 0 aromatic heterocycles. The van der Waals surface area contributed by atoms with Gasteiger partial charge in [-0.2, -0.15) is 0 Å². The van der Waals surface area contributed by atoms with Crippen molar-refractivity contribution in [3.8, 4) is 11.8 Å². The summed E-state index contributed by atoms with van der Waals surface area (Å²) in [7, 11) is -3.17. The van der Waals surface area contributed by atoms with Crippen LogP contribution in [0.5, 0.6) is 0 Å². The predicted molar refractivity (Wildman–Crippen MR) is 75.5 cm³/mol. The number of anilines is 1. The van der Waals surface area contributed by atoms with Gasteiger partial charge in [0.05, 0.1) is 11.4 Å². The van der Waals surface area contributed by atoms with Gasteiger partial charge in [0.25, 0.3) is 0 Å². The van der Waals surface area contributed by atoms with Gasteiger partial charge in [0, 0.05) is 12.1 Å². The minimum Gasteiger partial charge on any atom is -0.384 e. The Kier molecular flexibility index (Phi) is 4.13. The monoisotopic (exact) mass is 279 g/mol. The molecule has 1 N–H and O–H groups in total. The highest BCUT2D eigenvalue weighted by Gasteiger charge is 2.26. The highest BCUT2D eigenvalue weighted by Crippen LogP contribution is 2.27. The third-order valence-corrected chi connectivity index (χ3v) is 4.98. The van der Waals surface area contributed by atoms with E-state index in [2.05, 4.69) is 11.8 Å². The minimum atomic E-state index is -3.17. The largest absolute Gasteiger partial charge is 0.384 e. The van der Waals surface area contributed by atoms with Gasteiger partial charge in [-0.25, -0.2) is 8.42 Å². The number of aliphatic hydroxyl groups excluding tert-OH is 1. The Labute approximate surface area is 114 Å². The van der Waals surface area contributed by atoms with Crippen molar-refractivity contribution in [2.24, 2.45) is 0 Å². The summed E-state index contributed by atoms with van der Waals surface area (Å²) in [5, 5.41) is 8.66. The van der Waals surface area contributed by atoms with Crippen LogP contribution in [0.1, 0.15) is 24.0 Å². The summed E-state index contributed by atoms with van der Waals surface area (Å²) in [6.45, 7) is 2.25. The predicted octanol–water partition coefficient (Wildman–Crippen LogP) is 1.27. The zero-order valence-electron chi connectivity index (χ0n) is 10.9. The van der Waals surface area contributed by atoms with E-state index >= 15 is 0 Å². The third kappa shape index (κ3) is 3.09. The molecule has 1 fully saturated rings. The maximum absolute atomic E-state index is 12.1. The van der Waals surface area contributed by atoms with Crippen molar-refractivity contribution in [3.05, 3.63) is 29.3 Å². The first-order valence-electron chi connectivity index (χ1n) is 6.25. The van der Waals surface area contributed by atoms with E-state index in [4.69, 9.17) is 5.11 Å². The lowest BCUT2D eigenvalue weighted by molar-refractivity contribution is 0.350. The molecule has 19 heavy (non-hydrogen) atoms. The van der Waals surface area contributed by atoms with Crippen molar-refractivity contribution < 1.29 is 13.5 Å². The second kappa shape index (κ2) is 5.64. The van der Waals surface area contributed by atoms with E-state index in [1.807, 2.05) is 13.0 Å². The maximum atomic E-state index is 12.1. The zero-order chi connectivity index (χ0) is 13.9. The van der Waals surface area contributed by atoms with E-state index in [1.165, 1.54) is 4.31 Å². The number of rotatable bonds is 1. The highest BCUT2D eigenvalue weighted by atomic mass is 32.2. The molecule has 0 radical (unpaired) electrons.